The molecular weight excluding hydrogens is 238 g/mol. The number of rotatable bonds is 4. The number of hydrogen-bond acceptors (Lipinski definition) is 3. The van der Waals surface area contributed by atoms with E-state index in [9.17, 15) is 4.79 Å². The van der Waals surface area contributed by atoms with Gasteiger partial charge in [0.25, 0.3) is 0 Å². The van der Waals surface area contributed by atoms with Gasteiger partial charge in [-0.15, -0.1) is 12.4 Å². The van der Waals surface area contributed by atoms with Crippen LogP contribution in [0.5, 0.6) is 0 Å². The maximum absolute atomic E-state index is 11.3. The lowest BCUT2D eigenvalue weighted by molar-refractivity contribution is -0.143. The van der Waals surface area contributed by atoms with Crippen molar-refractivity contribution in [1.29, 1.82) is 0 Å². The Labute approximate surface area is 109 Å². The Balaban J connectivity index is 0.00000256. The fourth-order valence-corrected chi connectivity index (χ4v) is 1.67. The van der Waals surface area contributed by atoms with Crippen LogP contribution in [0.1, 0.15) is 36.1 Å². The van der Waals surface area contributed by atoms with Gasteiger partial charge < -0.3 is 10.5 Å². The van der Waals surface area contributed by atoms with Crippen molar-refractivity contribution in [2.45, 2.75) is 33.2 Å². The van der Waals surface area contributed by atoms with E-state index in [2.05, 4.69) is 0 Å². The number of hydrogen-bond donors (Lipinski definition) is 1. The Hall–Kier alpha value is -1.06. The molecule has 96 valence electrons. The lowest BCUT2D eigenvalue weighted by atomic mass is 9.97. The van der Waals surface area contributed by atoms with Crippen molar-refractivity contribution in [3.63, 3.8) is 0 Å². The number of ether oxygens (including phenoxy) is 1. The number of benzene rings is 1. The minimum Gasteiger partial charge on any atom is -0.466 e. The third-order valence-corrected chi connectivity index (χ3v) is 2.53. The quantitative estimate of drug-likeness (QED) is 0.844. The Morgan fingerprint density at radius 2 is 2.06 bits per heavy atom. The number of esters is 1. The molecule has 3 nitrogen and oxygen atoms in total. The van der Waals surface area contributed by atoms with Gasteiger partial charge in [-0.1, -0.05) is 23.8 Å². The zero-order valence-electron chi connectivity index (χ0n) is 10.5. The average molecular weight is 258 g/mol. The van der Waals surface area contributed by atoms with E-state index >= 15 is 0 Å². The van der Waals surface area contributed by atoms with Crippen LogP contribution >= 0.6 is 12.4 Å². The summed E-state index contributed by atoms with van der Waals surface area (Å²) >= 11 is 0. The number of halogens is 1. The van der Waals surface area contributed by atoms with E-state index in [0.717, 1.165) is 16.7 Å². The molecule has 0 amide bonds. The minimum absolute atomic E-state index is 0. The standard InChI is InChI=1S/C13H19NO2.ClH/c1-4-16-13(15)8-12(14)11-7-9(2)5-6-10(11)3;/h5-7,12H,4,8,14H2,1-3H3;1H. The van der Waals surface area contributed by atoms with E-state index in [0.29, 0.717) is 6.61 Å². The SMILES string of the molecule is CCOC(=O)CC(N)c1cc(C)ccc1C.Cl. The van der Waals surface area contributed by atoms with Crippen LogP contribution in [0.2, 0.25) is 0 Å². The molecule has 1 atom stereocenters. The maximum Gasteiger partial charge on any atom is 0.307 e. The highest BCUT2D eigenvalue weighted by atomic mass is 35.5. The second-order valence-electron chi connectivity index (χ2n) is 3.98. The van der Waals surface area contributed by atoms with Gasteiger partial charge >= 0.3 is 5.97 Å². The van der Waals surface area contributed by atoms with Crippen molar-refractivity contribution in [3.05, 3.63) is 34.9 Å². The Bertz CT molecular complexity index is 380. The van der Waals surface area contributed by atoms with Crippen LogP contribution in [-0.4, -0.2) is 12.6 Å². The fraction of sp³-hybridized carbons (Fsp3) is 0.462. The lowest BCUT2D eigenvalue weighted by Gasteiger charge is -2.14. The van der Waals surface area contributed by atoms with Gasteiger partial charge in [-0.05, 0) is 31.9 Å². The monoisotopic (exact) mass is 257 g/mol. The molecule has 1 aromatic rings. The highest BCUT2D eigenvalue weighted by Crippen LogP contribution is 2.20. The molecule has 0 aromatic heterocycles. The summed E-state index contributed by atoms with van der Waals surface area (Å²) in [5.41, 5.74) is 9.28. The Morgan fingerprint density at radius 3 is 2.65 bits per heavy atom. The van der Waals surface area contributed by atoms with E-state index in [1.54, 1.807) is 6.92 Å². The van der Waals surface area contributed by atoms with Crippen LogP contribution < -0.4 is 5.73 Å². The van der Waals surface area contributed by atoms with Crippen molar-refractivity contribution < 1.29 is 9.53 Å². The molecule has 0 saturated heterocycles. The largest absolute Gasteiger partial charge is 0.466 e. The molecule has 0 fully saturated rings. The first-order valence-corrected chi connectivity index (χ1v) is 5.53. The van der Waals surface area contributed by atoms with Gasteiger partial charge in [-0.2, -0.15) is 0 Å². The van der Waals surface area contributed by atoms with Gasteiger partial charge in [0.15, 0.2) is 0 Å². The van der Waals surface area contributed by atoms with E-state index in [1.807, 2.05) is 32.0 Å². The van der Waals surface area contributed by atoms with Crippen LogP contribution in [0.15, 0.2) is 18.2 Å². The fourth-order valence-electron chi connectivity index (χ4n) is 1.67. The third-order valence-electron chi connectivity index (χ3n) is 2.53. The topological polar surface area (TPSA) is 52.3 Å². The second-order valence-corrected chi connectivity index (χ2v) is 3.98. The molecule has 1 aromatic carbocycles. The van der Waals surface area contributed by atoms with Gasteiger partial charge in [0.05, 0.1) is 13.0 Å². The van der Waals surface area contributed by atoms with E-state index in [-0.39, 0.29) is 30.8 Å². The van der Waals surface area contributed by atoms with Crippen molar-refractivity contribution in [3.8, 4) is 0 Å². The molecule has 0 radical (unpaired) electrons. The van der Waals surface area contributed by atoms with E-state index in [1.165, 1.54) is 0 Å². The first-order chi connectivity index (χ1) is 7.54. The van der Waals surface area contributed by atoms with Crippen molar-refractivity contribution in [2.75, 3.05) is 6.61 Å². The van der Waals surface area contributed by atoms with E-state index < -0.39 is 0 Å². The van der Waals surface area contributed by atoms with Gasteiger partial charge in [-0.3, -0.25) is 4.79 Å². The van der Waals surface area contributed by atoms with E-state index in [4.69, 9.17) is 10.5 Å². The van der Waals surface area contributed by atoms with Crippen molar-refractivity contribution >= 4 is 18.4 Å². The molecule has 0 aliphatic carbocycles. The van der Waals surface area contributed by atoms with Crippen LogP contribution in [0.25, 0.3) is 0 Å². The van der Waals surface area contributed by atoms with Gasteiger partial charge in [-0.25, -0.2) is 0 Å². The Morgan fingerprint density at radius 1 is 1.41 bits per heavy atom. The highest BCUT2D eigenvalue weighted by Gasteiger charge is 2.14. The Kier molecular flexibility index (Phi) is 6.85. The predicted molar refractivity (Wildman–Crippen MR) is 71.3 cm³/mol. The molecule has 0 aliphatic rings. The molecule has 2 N–H and O–H groups in total. The van der Waals surface area contributed by atoms with Crippen LogP contribution in [0.3, 0.4) is 0 Å². The first kappa shape index (κ1) is 15.9. The summed E-state index contributed by atoms with van der Waals surface area (Å²) in [6, 6.07) is 5.81. The van der Waals surface area contributed by atoms with Gasteiger partial charge in [0, 0.05) is 6.04 Å². The lowest BCUT2D eigenvalue weighted by Crippen LogP contribution is -2.18. The van der Waals surface area contributed by atoms with Gasteiger partial charge in [0.1, 0.15) is 0 Å². The van der Waals surface area contributed by atoms with Crippen LogP contribution in [-0.2, 0) is 9.53 Å². The molecule has 1 unspecified atom stereocenters. The second kappa shape index (κ2) is 7.30. The third kappa shape index (κ3) is 4.75. The smallest absolute Gasteiger partial charge is 0.307 e. The first-order valence-electron chi connectivity index (χ1n) is 5.53. The summed E-state index contributed by atoms with van der Waals surface area (Å²) < 4.78 is 4.89. The zero-order chi connectivity index (χ0) is 12.1. The van der Waals surface area contributed by atoms with Crippen LogP contribution in [0, 0.1) is 13.8 Å². The van der Waals surface area contributed by atoms with Crippen LogP contribution in [0.4, 0.5) is 0 Å². The number of aryl methyl sites for hydroxylation is 2. The molecule has 17 heavy (non-hydrogen) atoms. The summed E-state index contributed by atoms with van der Waals surface area (Å²) in [6.07, 6.45) is 0.234. The summed E-state index contributed by atoms with van der Waals surface area (Å²) in [5, 5.41) is 0. The molecule has 4 heteroatoms. The highest BCUT2D eigenvalue weighted by molar-refractivity contribution is 5.85. The summed E-state index contributed by atoms with van der Waals surface area (Å²) in [7, 11) is 0. The molecule has 0 heterocycles. The summed E-state index contributed by atoms with van der Waals surface area (Å²) in [6.45, 7) is 6.21. The minimum atomic E-state index is -0.279. The molecule has 0 aliphatic heterocycles. The zero-order valence-corrected chi connectivity index (χ0v) is 11.3. The number of nitrogens with two attached hydrogens (primary N) is 1. The maximum atomic E-state index is 11.3. The van der Waals surface area contributed by atoms with Crippen molar-refractivity contribution in [2.24, 2.45) is 5.73 Å². The summed E-state index contributed by atoms with van der Waals surface area (Å²) in [4.78, 5) is 11.3. The number of carbonyl (C=O) groups is 1. The molecular formula is C13H20ClNO2. The van der Waals surface area contributed by atoms with Crippen molar-refractivity contribution in [1.82, 2.24) is 0 Å². The average Bonchev–Trinajstić information content (AvgIpc) is 2.21. The molecule has 0 saturated carbocycles. The normalized spacial score (nSPS) is 11.5. The molecule has 0 bridgehead atoms. The molecule has 1 rings (SSSR count). The number of carbonyl (C=O) groups excluding carboxylic acids is 1. The molecule has 0 spiro atoms. The predicted octanol–water partition coefficient (Wildman–Crippen LogP) is 2.68. The van der Waals surface area contributed by atoms with Gasteiger partial charge in [0.2, 0.25) is 0 Å². The summed E-state index contributed by atoms with van der Waals surface area (Å²) in [5.74, 6) is -0.240.